The van der Waals surface area contributed by atoms with Crippen LogP contribution in [0.25, 0.3) is 0 Å². The van der Waals surface area contributed by atoms with E-state index in [1.54, 1.807) is 0 Å². The fraction of sp³-hybridized carbons (Fsp3) is 0.182. The van der Waals surface area contributed by atoms with Crippen molar-refractivity contribution < 1.29 is 9.53 Å². The molecule has 0 amide bonds. The lowest BCUT2D eigenvalue weighted by Gasteiger charge is -1.96. The zero-order valence-corrected chi connectivity index (χ0v) is 11.2. The molecule has 0 fully saturated rings. The first-order valence-corrected chi connectivity index (χ1v) is 5.73. The van der Waals surface area contributed by atoms with Gasteiger partial charge in [0.05, 0.1) is 7.11 Å². The van der Waals surface area contributed by atoms with E-state index >= 15 is 0 Å². The van der Waals surface area contributed by atoms with Gasteiger partial charge in [0.25, 0.3) is 0 Å². The van der Waals surface area contributed by atoms with Crippen LogP contribution < -0.4 is 0 Å². The fourth-order valence-electron chi connectivity index (χ4n) is 0.877. The summed E-state index contributed by atoms with van der Waals surface area (Å²) in [5.74, 6) is 5.31. The lowest BCUT2D eigenvalue weighted by atomic mass is 10.2. The number of carbonyl (C=O) groups excluding carboxylic acids is 1. The van der Waals surface area contributed by atoms with E-state index < -0.39 is 0 Å². The number of benzene rings is 1. The van der Waals surface area contributed by atoms with Crippen LogP contribution in [0.15, 0.2) is 27.1 Å². The van der Waals surface area contributed by atoms with Crippen molar-refractivity contribution in [3.8, 4) is 11.8 Å². The van der Waals surface area contributed by atoms with E-state index in [4.69, 9.17) is 0 Å². The summed E-state index contributed by atoms with van der Waals surface area (Å²) in [6.45, 7) is 0. The van der Waals surface area contributed by atoms with Crippen molar-refractivity contribution in [2.75, 3.05) is 7.11 Å². The van der Waals surface area contributed by atoms with Gasteiger partial charge in [0.1, 0.15) is 6.42 Å². The maximum Gasteiger partial charge on any atom is 0.317 e. The van der Waals surface area contributed by atoms with Crippen LogP contribution >= 0.6 is 31.9 Å². The summed E-state index contributed by atoms with van der Waals surface area (Å²) in [5, 5.41) is 0. The van der Waals surface area contributed by atoms with Crippen molar-refractivity contribution in [3.05, 3.63) is 32.7 Å². The summed E-state index contributed by atoms with van der Waals surface area (Å²) in [6.07, 6.45) is 0.107. The largest absolute Gasteiger partial charge is 0.468 e. The third kappa shape index (κ3) is 4.06. The highest BCUT2D eigenvalue weighted by Crippen LogP contribution is 2.20. The molecule has 0 saturated heterocycles. The number of halogens is 2. The monoisotopic (exact) mass is 330 g/mol. The zero-order chi connectivity index (χ0) is 11.3. The topological polar surface area (TPSA) is 26.3 Å². The third-order valence-corrected chi connectivity index (χ3v) is 2.80. The fourth-order valence-corrected chi connectivity index (χ4v) is 1.58. The number of hydrogen-bond donors (Lipinski definition) is 0. The van der Waals surface area contributed by atoms with Crippen LogP contribution in [0.1, 0.15) is 12.0 Å². The number of rotatable bonds is 1. The predicted octanol–water partition coefficient (Wildman–Crippen LogP) is 3.13. The van der Waals surface area contributed by atoms with Crippen LogP contribution in [-0.4, -0.2) is 13.1 Å². The molecule has 0 saturated carbocycles. The molecule has 0 radical (unpaired) electrons. The lowest BCUT2D eigenvalue weighted by Crippen LogP contribution is -1.97. The highest BCUT2D eigenvalue weighted by molar-refractivity contribution is 9.11. The van der Waals surface area contributed by atoms with E-state index in [9.17, 15) is 4.79 Å². The Balaban J connectivity index is 2.79. The van der Waals surface area contributed by atoms with E-state index in [0.717, 1.165) is 14.5 Å². The van der Waals surface area contributed by atoms with Crippen LogP contribution in [0.3, 0.4) is 0 Å². The Morgan fingerprint density at radius 2 is 2.20 bits per heavy atom. The molecule has 15 heavy (non-hydrogen) atoms. The molecule has 0 heterocycles. The molecule has 0 atom stereocenters. The molecular formula is C11H8Br2O2. The molecule has 0 aliphatic heterocycles. The Hall–Kier alpha value is -0.790. The predicted molar refractivity (Wildman–Crippen MR) is 65.4 cm³/mol. The second kappa shape index (κ2) is 5.94. The number of carbonyl (C=O) groups is 1. The van der Waals surface area contributed by atoms with Gasteiger partial charge in [-0.25, -0.2) is 0 Å². The van der Waals surface area contributed by atoms with Gasteiger partial charge in [-0.05, 0) is 34.1 Å². The van der Waals surface area contributed by atoms with Crippen LogP contribution in [-0.2, 0) is 9.53 Å². The van der Waals surface area contributed by atoms with Gasteiger partial charge in [0.2, 0.25) is 0 Å². The molecule has 4 heteroatoms. The minimum atomic E-state index is -0.325. The average Bonchev–Trinajstić information content (AvgIpc) is 2.23. The summed E-state index contributed by atoms with van der Waals surface area (Å²) in [5.41, 5.74) is 0.841. The highest BCUT2D eigenvalue weighted by atomic mass is 79.9. The van der Waals surface area contributed by atoms with Gasteiger partial charge in [-0.2, -0.15) is 0 Å². The molecule has 78 valence electrons. The smallest absolute Gasteiger partial charge is 0.317 e. The van der Waals surface area contributed by atoms with Crippen LogP contribution in [0.2, 0.25) is 0 Å². The van der Waals surface area contributed by atoms with Crippen molar-refractivity contribution in [1.29, 1.82) is 0 Å². The lowest BCUT2D eigenvalue weighted by molar-refractivity contribution is -0.139. The molecule has 0 aliphatic rings. The van der Waals surface area contributed by atoms with Crippen LogP contribution in [0.5, 0.6) is 0 Å². The third-order valence-electron chi connectivity index (χ3n) is 1.61. The molecule has 0 unspecified atom stereocenters. The first-order valence-electron chi connectivity index (χ1n) is 4.14. The maximum atomic E-state index is 10.8. The summed E-state index contributed by atoms with van der Waals surface area (Å²) in [6, 6.07) is 5.69. The maximum absolute atomic E-state index is 10.8. The Bertz CT molecular complexity index is 430. The first-order chi connectivity index (χ1) is 7.13. The SMILES string of the molecule is COC(=O)CC#Cc1cc(Br)ccc1Br. The van der Waals surface area contributed by atoms with Crippen molar-refractivity contribution in [2.45, 2.75) is 6.42 Å². The van der Waals surface area contributed by atoms with E-state index in [-0.39, 0.29) is 12.4 Å². The number of hydrogen-bond acceptors (Lipinski definition) is 2. The quantitative estimate of drug-likeness (QED) is 0.584. The van der Waals surface area contributed by atoms with E-state index in [2.05, 4.69) is 48.4 Å². The number of esters is 1. The van der Waals surface area contributed by atoms with Crippen LogP contribution in [0, 0.1) is 11.8 Å². The van der Waals surface area contributed by atoms with Crippen molar-refractivity contribution in [2.24, 2.45) is 0 Å². The van der Waals surface area contributed by atoms with E-state index in [1.165, 1.54) is 7.11 Å². The molecule has 1 aromatic carbocycles. The summed E-state index contributed by atoms with van der Waals surface area (Å²) in [7, 11) is 1.35. The molecule has 0 aliphatic carbocycles. The van der Waals surface area contributed by atoms with E-state index in [0.29, 0.717) is 0 Å². The molecule has 1 rings (SSSR count). The van der Waals surface area contributed by atoms with Gasteiger partial charge >= 0.3 is 5.97 Å². The van der Waals surface area contributed by atoms with Crippen LogP contribution in [0.4, 0.5) is 0 Å². The second-order valence-electron chi connectivity index (χ2n) is 2.68. The van der Waals surface area contributed by atoms with Gasteiger partial charge in [-0.3, -0.25) is 4.79 Å². The van der Waals surface area contributed by atoms with Crippen molar-refractivity contribution in [1.82, 2.24) is 0 Å². The summed E-state index contributed by atoms with van der Waals surface area (Å²) < 4.78 is 6.34. The Morgan fingerprint density at radius 1 is 1.47 bits per heavy atom. The standard InChI is InChI=1S/C11H8Br2O2/c1-15-11(14)4-2-3-8-7-9(12)5-6-10(8)13/h5-7H,4H2,1H3. The highest BCUT2D eigenvalue weighted by Gasteiger charge is 1.97. The van der Waals surface area contributed by atoms with Gasteiger partial charge < -0.3 is 4.74 Å². The van der Waals surface area contributed by atoms with Crippen molar-refractivity contribution in [3.63, 3.8) is 0 Å². The Labute approximate surface area is 105 Å². The van der Waals surface area contributed by atoms with Gasteiger partial charge in [0, 0.05) is 14.5 Å². The minimum Gasteiger partial charge on any atom is -0.468 e. The average molecular weight is 332 g/mol. The number of methoxy groups -OCH3 is 1. The van der Waals surface area contributed by atoms with Gasteiger partial charge in [0.15, 0.2) is 0 Å². The van der Waals surface area contributed by atoms with E-state index in [1.807, 2.05) is 18.2 Å². The first kappa shape index (κ1) is 12.3. The second-order valence-corrected chi connectivity index (χ2v) is 4.45. The number of ether oxygens (including phenoxy) is 1. The molecular weight excluding hydrogens is 324 g/mol. The summed E-state index contributed by atoms with van der Waals surface area (Å²) in [4.78, 5) is 10.8. The molecule has 0 N–H and O–H groups in total. The molecule has 0 bridgehead atoms. The zero-order valence-electron chi connectivity index (χ0n) is 8.01. The molecule has 0 aromatic heterocycles. The Kier molecular flexibility index (Phi) is 4.86. The normalized spacial score (nSPS) is 9.00. The van der Waals surface area contributed by atoms with Gasteiger partial charge in [-0.15, -0.1) is 0 Å². The molecule has 0 spiro atoms. The molecule has 2 nitrogen and oxygen atoms in total. The van der Waals surface area contributed by atoms with Crippen molar-refractivity contribution >= 4 is 37.8 Å². The van der Waals surface area contributed by atoms with Gasteiger partial charge in [-0.1, -0.05) is 27.8 Å². The minimum absolute atomic E-state index is 0.107. The molecule has 1 aromatic rings. The Morgan fingerprint density at radius 3 is 2.87 bits per heavy atom. The summed E-state index contributed by atoms with van der Waals surface area (Å²) >= 11 is 6.73.